The summed E-state index contributed by atoms with van der Waals surface area (Å²) in [7, 11) is 0. The van der Waals surface area contributed by atoms with Gasteiger partial charge in [-0.15, -0.1) is 0 Å². The lowest BCUT2D eigenvalue weighted by Gasteiger charge is -2.38. The normalized spacial score (nSPS) is 14.3. The van der Waals surface area contributed by atoms with E-state index in [0.29, 0.717) is 11.9 Å². The van der Waals surface area contributed by atoms with Gasteiger partial charge < -0.3 is 10.2 Å². The van der Waals surface area contributed by atoms with Crippen LogP contribution in [-0.2, 0) is 0 Å². The summed E-state index contributed by atoms with van der Waals surface area (Å²) in [6.45, 7) is 1.73. The van der Waals surface area contributed by atoms with Crippen LogP contribution in [0.15, 0.2) is 55.1 Å². The van der Waals surface area contributed by atoms with Crippen molar-refractivity contribution < 1.29 is 0 Å². The van der Waals surface area contributed by atoms with Crippen molar-refractivity contribution in [1.29, 1.82) is 0 Å². The lowest BCUT2D eigenvalue weighted by atomic mass is 9.96. The number of hydrogen-bond donors (Lipinski definition) is 1. The molecule has 4 rings (SSSR count). The molecular formula is C16H15N7. The third-order valence-corrected chi connectivity index (χ3v) is 3.72. The first-order chi connectivity index (χ1) is 11.4. The molecular weight excluding hydrogens is 290 g/mol. The number of nitrogens with zero attached hydrogens (tertiary/aromatic N) is 6. The van der Waals surface area contributed by atoms with Crippen LogP contribution in [0.5, 0.6) is 0 Å². The molecule has 0 radical (unpaired) electrons. The van der Waals surface area contributed by atoms with Crippen molar-refractivity contribution in [3.8, 4) is 0 Å². The third kappa shape index (κ3) is 2.94. The summed E-state index contributed by atoms with van der Waals surface area (Å²) in [6.07, 6.45) is 7.02. The van der Waals surface area contributed by atoms with Gasteiger partial charge in [0.2, 0.25) is 11.9 Å². The van der Waals surface area contributed by atoms with E-state index in [0.717, 1.165) is 30.5 Å². The van der Waals surface area contributed by atoms with Gasteiger partial charge in [-0.1, -0.05) is 6.07 Å². The molecule has 1 fully saturated rings. The summed E-state index contributed by atoms with van der Waals surface area (Å²) in [5, 5.41) is 3.12. The van der Waals surface area contributed by atoms with Gasteiger partial charge in [0.15, 0.2) is 0 Å². The molecule has 1 N–H and O–H groups in total. The largest absolute Gasteiger partial charge is 0.339 e. The van der Waals surface area contributed by atoms with Gasteiger partial charge in [0.25, 0.3) is 0 Å². The highest BCUT2D eigenvalue weighted by molar-refractivity contribution is 5.47. The average Bonchev–Trinajstić information content (AvgIpc) is 2.56. The van der Waals surface area contributed by atoms with Crippen LogP contribution in [0.1, 0.15) is 11.6 Å². The second kappa shape index (κ2) is 5.96. The molecule has 7 nitrogen and oxygen atoms in total. The Hall–Kier alpha value is -3.09. The summed E-state index contributed by atoms with van der Waals surface area (Å²) in [4.78, 5) is 23.7. The van der Waals surface area contributed by atoms with Crippen LogP contribution in [0.3, 0.4) is 0 Å². The van der Waals surface area contributed by atoms with Gasteiger partial charge in [-0.2, -0.15) is 0 Å². The predicted molar refractivity (Wildman–Crippen MR) is 86.5 cm³/mol. The number of hydrogen-bond acceptors (Lipinski definition) is 7. The minimum absolute atomic E-state index is 0.367. The maximum atomic E-state index is 4.59. The molecule has 0 spiro atoms. The van der Waals surface area contributed by atoms with Gasteiger partial charge in [0.1, 0.15) is 5.82 Å². The Kier molecular flexibility index (Phi) is 3.51. The van der Waals surface area contributed by atoms with Gasteiger partial charge in [-0.25, -0.2) is 24.9 Å². The molecule has 1 saturated heterocycles. The molecule has 23 heavy (non-hydrogen) atoms. The average molecular weight is 305 g/mol. The molecule has 114 valence electrons. The van der Waals surface area contributed by atoms with Crippen molar-refractivity contribution in [2.75, 3.05) is 23.3 Å². The number of anilines is 3. The minimum Gasteiger partial charge on any atom is -0.339 e. The number of pyridine rings is 1. The highest BCUT2D eigenvalue weighted by Crippen LogP contribution is 2.28. The Morgan fingerprint density at radius 3 is 2.48 bits per heavy atom. The second-order valence-corrected chi connectivity index (χ2v) is 5.30. The predicted octanol–water partition coefficient (Wildman–Crippen LogP) is 2.01. The zero-order valence-electron chi connectivity index (χ0n) is 12.4. The van der Waals surface area contributed by atoms with E-state index >= 15 is 0 Å². The quantitative estimate of drug-likeness (QED) is 0.789. The SMILES string of the molecule is c1ccc(Nc2nccc(C3CN(c4ncccn4)C3)n2)nc1. The summed E-state index contributed by atoms with van der Waals surface area (Å²) in [5.41, 5.74) is 1.02. The number of nitrogens with one attached hydrogen (secondary N) is 1. The van der Waals surface area contributed by atoms with E-state index in [1.807, 2.05) is 30.3 Å². The van der Waals surface area contributed by atoms with Crippen molar-refractivity contribution in [2.24, 2.45) is 0 Å². The van der Waals surface area contributed by atoms with Crippen LogP contribution in [0.25, 0.3) is 0 Å². The first kappa shape index (κ1) is 13.6. The highest BCUT2D eigenvalue weighted by Gasteiger charge is 2.31. The van der Waals surface area contributed by atoms with Gasteiger partial charge in [0, 0.05) is 43.8 Å². The maximum Gasteiger partial charge on any atom is 0.228 e. The molecule has 0 unspecified atom stereocenters. The molecule has 1 aliphatic heterocycles. The molecule has 4 heterocycles. The first-order valence-corrected chi connectivity index (χ1v) is 7.41. The topological polar surface area (TPSA) is 79.7 Å². The van der Waals surface area contributed by atoms with Crippen LogP contribution in [0.4, 0.5) is 17.7 Å². The van der Waals surface area contributed by atoms with E-state index in [2.05, 4.69) is 35.1 Å². The Labute approximate surface area is 133 Å². The van der Waals surface area contributed by atoms with Crippen molar-refractivity contribution in [1.82, 2.24) is 24.9 Å². The Bertz CT molecular complexity index is 773. The zero-order chi connectivity index (χ0) is 15.5. The van der Waals surface area contributed by atoms with Crippen molar-refractivity contribution in [3.05, 3.63) is 60.8 Å². The van der Waals surface area contributed by atoms with Crippen molar-refractivity contribution >= 4 is 17.7 Å². The van der Waals surface area contributed by atoms with E-state index in [4.69, 9.17) is 0 Å². The van der Waals surface area contributed by atoms with E-state index in [-0.39, 0.29) is 0 Å². The van der Waals surface area contributed by atoms with Gasteiger partial charge in [0.05, 0.1) is 5.69 Å². The summed E-state index contributed by atoms with van der Waals surface area (Å²) in [5.74, 6) is 2.43. The molecule has 0 saturated carbocycles. The fraction of sp³-hybridized carbons (Fsp3) is 0.188. The lowest BCUT2D eigenvalue weighted by molar-refractivity contribution is 0.503. The van der Waals surface area contributed by atoms with Crippen LogP contribution in [0.2, 0.25) is 0 Å². The van der Waals surface area contributed by atoms with Crippen LogP contribution in [-0.4, -0.2) is 38.0 Å². The molecule has 1 aliphatic rings. The smallest absolute Gasteiger partial charge is 0.228 e. The Morgan fingerprint density at radius 2 is 1.70 bits per heavy atom. The molecule has 3 aromatic heterocycles. The Morgan fingerprint density at radius 1 is 0.870 bits per heavy atom. The minimum atomic E-state index is 0.367. The first-order valence-electron chi connectivity index (χ1n) is 7.41. The maximum absolute atomic E-state index is 4.59. The summed E-state index contributed by atoms with van der Waals surface area (Å²) >= 11 is 0. The van der Waals surface area contributed by atoms with Crippen molar-refractivity contribution in [2.45, 2.75) is 5.92 Å². The van der Waals surface area contributed by atoms with Crippen LogP contribution in [0, 0.1) is 0 Å². The van der Waals surface area contributed by atoms with Crippen molar-refractivity contribution in [3.63, 3.8) is 0 Å². The van der Waals surface area contributed by atoms with Gasteiger partial charge in [-0.05, 0) is 24.3 Å². The fourth-order valence-electron chi connectivity index (χ4n) is 2.49. The van der Waals surface area contributed by atoms with Gasteiger partial charge in [-0.3, -0.25) is 0 Å². The Balaban J connectivity index is 1.44. The molecule has 0 aliphatic carbocycles. The molecule has 0 atom stereocenters. The summed E-state index contributed by atoms with van der Waals surface area (Å²) < 4.78 is 0. The molecule has 7 heteroatoms. The third-order valence-electron chi connectivity index (χ3n) is 3.72. The second-order valence-electron chi connectivity index (χ2n) is 5.30. The zero-order valence-corrected chi connectivity index (χ0v) is 12.4. The van der Waals surface area contributed by atoms with E-state index in [1.165, 1.54) is 0 Å². The standard InChI is InChI=1S/C16H15N7/c1-2-6-17-14(4-1)22-15-18-9-5-13(21-15)12-10-23(11-12)16-19-7-3-8-20-16/h1-9,12H,10-11H2,(H,17,18,21,22). The van der Waals surface area contributed by atoms with Gasteiger partial charge >= 0.3 is 0 Å². The monoisotopic (exact) mass is 305 g/mol. The lowest BCUT2D eigenvalue weighted by Crippen LogP contribution is -2.46. The van der Waals surface area contributed by atoms with Crippen LogP contribution >= 0.6 is 0 Å². The highest BCUT2D eigenvalue weighted by atomic mass is 15.3. The van der Waals surface area contributed by atoms with Crippen LogP contribution < -0.4 is 10.2 Å². The fourth-order valence-corrected chi connectivity index (χ4v) is 2.49. The molecule has 0 amide bonds. The van der Waals surface area contributed by atoms with E-state index in [1.54, 1.807) is 24.8 Å². The molecule has 0 aromatic carbocycles. The summed E-state index contributed by atoms with van der Waals surface area (Å²) in [6, 6.07) is 9.45. The van der Waals surface area contributed by atoms with E-state index < -0.39 is 0 Å². The van der Waals surface area contributed by atoms with E-state index in [9.17, 15) is 0 Å². The number of rotatable bonds is 4. The number of aromatic nitrogens is 5. The molecule has 3 aromatic rings. The molecule has 0 bridgehead atoms.